The second-order valence-electron chi connectivity index (χ2n) is 22.0. The van der Waals surface area contributed by atoms with Gasteiger partial charge >= 0.3 is 25.7 Å². The van der Waals surface area contributed by atoms with Gasteiger partial charge in [0.2, 0.25) is 0 Å². The number of ether oxygens (including phenoxy) is 2. The van der Waals surface area contributed by atoms with Crippen molar-refractivity contribution in [3.8, 4) is 0 Å². The molecule has 18 heteroatoms. The minimum atomic E-state index is -2.17. The summed E-state index contributed by atoms with van der Waals surface area (Å²) in [5, 5.41) is 10.9. The zero-order chi connectivity index (χ0) is 42.6. The normalized spacial score (nSPS) is 15.0. The van der Waals surface area contributed by atoms with Gasteiger partial charge in [-0.1, -0.05) is 19.3 Å². The third-order valence-electron chi connectivity index (χ3n) is 8.50. The SMILES string of the molecule is C[Si](C)(C)O[Si](C)(C)O[Si](C)(C)CCCCCC(CO)(COCCC[Si](C)(C)O[Si](C)(C)O[Si](C)(C)C)COCCC[Si](C)(C)O[Si](C)(C)O[Si](C)(C)C. The first-order chi connectivity index (χ1) is 23.9. The third-order valence-corrected chi connectivity index (χ3v) is 38.9. The van der Waals surface area contributed by atoms with Gasteiger partial charge in [-0.25, -0.2) is 0 Å². The van der Waals surface area contributed by atoms with Gasteiger partial charge in [0.15, 0.2) is 49.9 Å². The van der Waals surface area contributed by atoms with Gasteiger partial charge in [0.05, 0.1) is 19.8 Å². The Labute approximate surface area is 345 Å². The summed E-state index contributed by atoms with van der Waals surface area (Å²) in [6, 6.07) is 3.16. The highest BCUT2D eigenvalue weighted by atomic mass is 28.5. The van der Waals surface area contributed by atoms with Crippen LogP contribution in [0.5, 0.6) is 0 Å². The summed E-state index contributed by atoms with van der Waals surface area (Å²) < 4.78 is 52.4. The number of unbranched alkanes of at least 4 members (excludes halogenated alkanes) is 2. The van der Waals surface area contributed by atoms with Gasteiger partial charge in [0.25, 0.3) is 0 Å². The van der Waals surface area contributed by atoms with Crippen molar-refractivity contribution in [2.75, 3.05) is 33.0 Å². The van der Waals surface area contributed by atoms with Crippen LogP contribution in [0.4, 0.5) is 0 Å². The van der Waals surface area contributed by atoms with Crippen molar-refractivity contribution in [2.45, 2.75) is 194 Å². The zero-order valence-electron chi connectivity index (χ0n) is 39.6. The number of hydrogen-bond donors (Lipinski definition) is 1. The van der Waals surface area contributed by atoms with Crippen LogP contribution in [0.3, 0.4) is 0 Å². The summed E-state index contributed by atoms with van der Waals surface area (Å²) in [6.45, 7) is 49.6. The van der Waals surface area contributed by atoms with Crippen molar-refractivity contribution in [3.05, 3.63) is 0 Å². The first kappa shape index (κ1) is 55.6. The predicted octanol–water partition coefficient (Wildman–Crippen LogP) is 11.7. The van der Waals surface area contributed by atoms with Crippen molar-refractivity contribution < 1.29 is 39.3 Å². The predicted molar refractivity (Wildman–Crippen MR) is 255 cm³/mol. The summed E-state index contributed by atoms with van der Waals surface area (Å²) in [5.41, 5.74) is -0.420. The van der Waals surface area contributed by atoms with E-state index in [0.29, 0.717) is 26.4 Å². The third kappa shape index (κ3) is 29.7. The van der Waals surface area contributed by atoms with E-state index in [9.17, 15) is 5.11 Å². The van der Waals surface area contributed by atoms with Gasteiger partial charge in [0, 0.05) is 18.6 Å². The van der Waals surface area contributed by atoms with Crippen LogP contribution in [0.15, 0.2) is 0 Å². The van der Waals surface area contributed by atoms with Crippen LogP contribution in [-0.4, -0.2) is 114 Å². The maximum Gasteiger partial charge on any atom is 0.311 e. The molecule has 0 spiro atoms. The number of hydrogen-bond acceptors (Lipinski definition) is 9. The van der Waals surface area contributed by atoms with E-state index in [2.05, 4.69) is 137 Å². The van der Waals surface area contributed by atoms with E-state index in [1.54, 1.807) is 0 Å². The second-order valence-corrected chi connectivity index (χ2v) is 60.0. The Balaban J connectivity index is 5.36. The van der Waals surface area contributed by atoms with E-state index < -0.39 is 81.0 Å². The van der Waals surface area contributed by atoms with E-state index in [1.807, 2.05) is 0 Å². The summed E-state index contributed by atoms with van der Waals surface area (Å²) in [7, 11) is -17.1. The Hall–Kier alpha value is 1.59. The lowest BCUT2D eigenvalue weighted by Crippen LogP contribution is -2.51. The highest BCUT2D eigenvalue weighted by Gasteiger charge is 2.40. The number of aliphatic hydroxyl groups excluding tert-OH is 1. The lowest BCUT2D eigenvalue weighted by atomic mass is 9.85. The number of rotatable bonds is 31. The largest absolute Gasteiger partial charge is 0.437 e. The lowest BCUT2D eigenvalue weighted by Gasteiger charge is -2.37. The van der Waals surface area contributed by atoms with Crippen LogP contribution in [0, 0.1) is 5.41 Å². The van der Waals surface area contributed by atoms with E-state index in [1.165, 1.54) is 0 Å². The van der Waals surface area contributed by atoms with Crippen LogP contribution in [0.25, 0.3) is 0 Å². The van der Waals surface area contributed by atoms with Crippen molar-refractivity contribution in [1.82, 2.24) is 0 Å². The molecule has 0 saturated carbocycles. The average Bonchev–Trinajstić information content (AvgIpc) is 2.85. The molecular weight excluding hydrogens is 829 g/mol. The fourth-order valence-electron chi connectivity index (χ4n) is 7.78. The zero-order valence-corrected chi connectivity index (χ0v) is 48.6. The molecule has 0 aliphatic rings. The Kier molecular flexibility index (Phi) is 23.1. The van der Waals surface area contributed by atoms with Crippen LogP contribution < -0.4 is 0 Å². The molecule has 1 N–H and O–H groups in total. The maximum absolute atomic E-state index is 10.9. The van der Waals surface area contributed by atoms with Crippen LogP contribution in [0.2, 0.25) is 156 Å². The Morgan fingerprint density at radius 3 is 0.944 bits per heavy atom. The van der Waals surface area contributed by atoms with Gasteiger partial charge in [0.1, 0.15) is 0 Å². The Bertz CT molecular complexity index is 929. The molecule has 0 heterocycles. The molecule has 0 aliphatic heterocycles. The lowest BCUT2D eigenvalue weighted by molar-refractivity contribution is -0.0565. The van der Waals surface area contributed by atoms with Crippen LogP contribution in [-0.2, 0) is 34.2 Å². The molecule has 0 radical (unpaired) electrons. The van der Waals surface area contributed by atoms with Gasteiger partial charge in [-0.2, -0.15) is 0 Å². The average molecular weight is 922 g/mol. The van der Waals surface area contributed by atoms with E-state index in [0.717, 1.165) is 56.7 Å². The minimum Gasteiger partial charge on any atom is -0.437 e. The molecule has 0 aromatic carbocycles. The molecule has 326 valence electrons. The van der Waals surface area contributed by atoms with Crippen LogP contribution >= 0.6 is 0 Å². The van der Waals surface area contributed by atoms with Gasteiger partial charge < -0.3 is 39.3 Å². The first-order valence-electron chi connectivity index (χ1n) is 20.9. The molecule has 0 aromatic heterocycles. The highest BCUT2D eigenvalue weighted by molar-refractivity contribution is 6.89. The molecule has 0 amide bonds. The molecule has 0 bridgehead atoms. The molecule has 0 rings (SSSR count). The Morgan fingerprint density at radius 1 is 0.370 bits per heavy atom. The molecule has 0 saturated heterocycles. The summed E-state index contributed by atoms with van der Waals surface area (Å²) in [4.78, 5) is 0. The topological polar surface area (TPSA) is 94.1 Å². The summed E-state index contributed by atoms with van der Waals surface area (Å²) in [6.07, 6.45) is 6.02. The summed E-state index contributed by atoms with van der Waals surface area (Å²) in [5.74, 6) is 0. The monoisotopic (exact) mass is 920 g/mol. The quantitative estimate of drug-likeness (QED) is 0.0539. The van der Waals surface area contributed by atoms with Crippen molar-refractivity contribution in [3.63, 3.8) is 0 Å². The van der Waals surface area contributed by atoms with E-state index in [-0.39, 0.29) is 6.61 Å². The highest BCUT2D eigenvalue weighted by Crippen LogP contribution is 2.30. The van der Waals surface area contributed by atoms with Gasteiger partial charge in [-0.3, -0.25) is 0 Å². The van der Waals surface area contributed by atoms with E-state index >= 15 is 0 Å². The summed E-state index contributed by atoms with van der Waals surface area (Å²) >= 11 is 0. The van der Waals surface area contributed by atoms with E-state index in [4.69, 9.17) is 34.2 Å². The standard InChI is InChI=1S/C36H92O9Si9/c1-46(2,3)40-52(16,17)43-49(10,11)30-24-22-23-27-36(33-37,34-38-28-25-31-50(12,13)44-53(18,19)41-47(4,5)6)35-39-29-26-32-51(14,15)45-54(20,21)42-48(7,8)9/h37H,22-35H2,1-21H3. The van der Waals surface area contributed by atoms with Crippen molar-refractivity contribution >= 4 is 75.6 Å². The van der Waals surface area contributed by atoms with Crippen molar-refractivity contribution in [2.24, 2.45) is 5.41 Å². The van der Waals surface area contributed by atoms with Gasteiger partial charge in [-0.05, 0) is 175 Å². The second kappa shape index (κ2) is 22.4. The minimum absolute atomic E-state index is 0.0541. The fourth-order valence-corrected chi connectivity index (χ4v) is 47.4. The molecule has 0 aliphatic carbocycles. The van der Waals surface area contributed by atoms with Crippen LogP contribution in [0.1, 0.15) is 38.5 Å². The van der Waals surface area contributed by atoms with Gasteiger partial charge in [-0.15, -0.1) is 0 Å². The molecule has 0 unspecified atom stereocenters. The number of aliphatic hydroxyl groups is 1. The molecular formula is C36H92O9Si9. The fraction of sp³-hybridized carbons (Fsp3) is 1.00. The van der Waals surface area contributed by atoms with Crippen molar-refractivity contribution in [1.29, 1.82) is 0 Å². The first-order valence-corrected chi connectivity index (χ1v) is 48.9. The maximum atomic E-state index is 10.9. The smallest absolute Gasteiger partial charge is 0.311 e. The molecule has 0 aromatic rings. The molecule has 9 nitrogen and oxygen atoms in total. The molecule has 0 fully saturated rings. The molecule has 0 atom stereocenters. The molecule has 54 heavy (non-hydrogen) atoms. The Morgan fingerprint density at radius 2 is 0.667 bits per heavy atom.